The van der Waals surface area contributed by atoms with Crippen molar-refractivity contribution in [2.75, 3.05) is 6.86 Å². The van der Waals surface area contributed by atoms with Crippen molar-refractivity contribution >= 4 is 5.97 Å². The number of hydrogen-bond acceptors (Lipinski definition) is 3. The molecule has 0 aliphatic rings. The van der Waals surface area contributed by atoms with Crippen molar-refractivity contribution in [3.05, 3.63) is 24.0 Å². The van der Waals surface area contributed by atoms with Gasteiger partial charge in [0, 0.05) is 6.20 Å². The molecule has 0 amide bonds. The van der Waals surface area contributed by atoms with Crippen LogP contribution < -0.4 is 4.74 Å². The Balaban J connectivity index is 3.00. The number of aromatic carboxylic acids is 1. The van der Waals surface area contributed by atoms with E-state index in [1.807, 2.05) is 0 Å². The van der Waals surface area contributed by atoms with Gasteiger partial charge in [-0.05, 0) is 12.1 Å². The Bertz CT molecular complexity index is 290. The molecule has 0 saturated carbocycles. The van der Waals surface area contributed by atoms with Gasteiger partial charge in [-0.25, -0.2) is 14.2 Å². The smallest absolute Gasteiger partial charge is 0.358 e. The van der Waals surface area contributed by atoms with E-state index in [9.17, 15) is 9.18 Å². The Morgan fingerprint density at radius 1 is 1.75 bits per heavy atom. The fraction of sp³-hybridized carbons (Fsp3) is 0.143. The van der Waals surface area contributed by atoms with Gasteiger partial charge in [0.1, 0.15) is 0 Å². The maximum absolute atomic E-state index is 11.7. The highest BCUT2D eigenvalue weighted by Gasteiger charge is 2.11. The van der Waals surface area contributed by atoms with Crippen molar-refractivity contribution < 1.29 is 19.0 Å². The van der Waals surface area contributed by atoms with Crippen LogP contribution in [0.1, 0.15) is 10.5 Å². The van der Waals surface area contributed by atoms with Crippen molar-refractivity contribution in [3.8, 4) is 5.75 Å². The van der Waals surface area contributed by atoms with Crippen molar-refractivity contribution in [2.24, 2.45) is 0 Å². The van der Waals surface area contributed by atoms with Crippen molar-refractivity contribution in [2.45, 2.75) is 0 Å². The SMILES string of the molecule is O=C(O)c1ncccc1OCF. The first-order valence-corrected chi connectivity index (χ1v) is 3.12. The first-order chi connectivity index (χ1) is 5.75. The van der Waals surface area contributed by atoms with E-state index in [2.05, 4.69) is 9.72 Å². The molecule has 1 aromatic rings. The highest BCUT2D eigenvalue weighted by molar-refractivity contribution is 5.88. The zero-order chi connectivity index (χ0) is 8.97. The lowest BCUT2D eigenvalue weighted by Crippen LogP contribution is -2.04. The molecule has 1 N–H and O–H groups in total. The molecule has 0 fully saturated rings. The van der Waals surface area contributed by atoms with E-state index < -0.39 is 12.8 Å². The molecule has 64 valence electrons. The molecule has 5 heteroatoms. The number of nitrogens with zero attached hydrogens (tertiary/aromatic N) is 1. The van der Waals surface area contributed by atoms with Gasteiger partial charge in [0.2, 0.25) is 6.86 Å². The van der Waals surface area contributed by atoms with Crippen LogP contribution in [0.25, 0.3) is 0 Å². The number of pyridine rings is 1. The standard InChI is InChI=1S/C7H6FNO3/c8-4-12-5-2-1-3-9-6(5)7(10)11/h1-3H,4H2,(H,10,11). The number of carboxylic acids is 1. The lowest BCUT2D eigenvalue weighted by atomic mass is 10.3. The fourth-order valence-electron chi connectivity index (χ4n) is 0.726. The van der Waals surface area contributed by atoms with E-state index in [4.69, 9.17) is 5.11 Å². The second-order valence-electron chi connectivity index (χ2n) is 1.91. The lowest BCUT2D eigenvalue weighted by Gasteiger charge is -2.02. The number of aromatic nitrogens is 1. The molecule has 0 saturated heterocycles. The first kappa shape index (κ1) is 8.45. The summed E-state index contributed by atoms with van der Waals surface area (Å²) in [4.78, 5) is 13.9. The van der Waals surface area contributed by atoms with Crippen molar-refractivity contribution in [3.63, 3.8) is 0 Å². The molecule has 0 radical (unpaired) electrons. The predicted molar refractivity (Wildman–Crippen MR) is 37.8 cm³/mol. The van der Waals surface area contributed by atoms with Gasteiger partial charge in [-0.2, -0.15) is 0 Å². The number of halogens is 1. The van der Waals surface area contributed by atoms with E-state index in [-0.39, 0.29) is 11.4 Å². The van der Waals surface area contributed by atoms with Gasteiger partial charge in [0.05, 0.1) is 0 Å². The first-order valence-electron chi connectivity index (χ1n) is 3.12. The molecule has 4 nitrogen and oxygen atoms in total. The summed E-state index contributed by atoms with van der Waals surface area (Å²) in [5.74, 6) is -1.30. The van der Waals surface area contributed by atoms with Gasteiger partial charge in [0.25, 0.3) is 0 Å². The molecule has 1 heterocycles. The second-order valence-corrected chi connectivity index (χ2v) is 1.91. The van der Waals surface area contributed by atoms with E-state index in [1.54, 1.807) is 0 Å². The Hall–Kier alpha value is -1.65. The van der Waals surface area contributed by atoms with Gasteiger partial charge in [-0.1, -0.05) is 0 Å². The highest BCUT2D eigenvalue weighted by Crippen LogP contribution is 2.14. The third kappa shape index (κ3) is 1.69. The molecule has 0 unspecified atom stereocenters. The third-order valence-electron chi connectivity index (χ3n) is 1.18. The largest absolute Gasteiger partial charge is 0.476 e. The molecule has 0 aromatic carbocycles. The summed E-state index contributed by atoms with van der Waals surface area (Å²) in [7, 11) is 0. The zero-order valence-electron chi connectivity index (χ0n) is 6.03. The summed E-state index contributed by atoms with van der Waals surface area (Å²) < 4.78 is 16.1. The third-order valence-corrected chi connectivity index (χ3v) is 1.18. The van der Waals surface area contributed by atoms with Crippen LogP contribution in [0.3, 0.4) is 0 Å². The van der Waals surface area contributed by atoms with Gasteiger partial charge in [-0.15, -0.1) is 0 Å². The van der Waals surface area contributed by atoms with E-state index in [0.29, 0.717) is 0 Å². The second kappa shape index (κ2) is 3.66. The van der Waals surface area contributed by atoms with Crippen molar-refractivity contribution in [1.82, 2.24) is 4.98 Å². The molecular formula is C7H6FNO3. The molecule has 0 aliphatic heterocycles. The van der Waals surface area contributed by atoms with Crippen LogP contribution in [0.4, 0.5) is 4.39 Å². The van der Waals surface area contributed by atoms with Crippen LogP contribution in [0.5, 0.6) is 5.75 Å². The Morgan fingerprint density at radius 2 is 2.50 bits per heavy atom. The van der Waals surface area contributed by atoms with Crippen LogP contribution in [0, 0.1) is 0 Å². The minimum atomic E-state index is -1.24. The average molecular weight is 171 g/mol. The van der Waals surface area contributed by atoms with E-state index in [0.717, 1.165) is 0 Å². The summed E-state index contributed by atoms with van der Waals surface area (Å²) in [6, 6.07) is 2.81. The molecule has 0 atom stereocenters. The fourth-order valence-corrected chi connectivity index (χ4v) is 0.726. The summed E-state index contributed by atoms with van der Waals surface area (Å²) in [6.45, 7) is -1.06. The Morgan fingerprint density at radius 3 is 3.08 bits per heavy atom. The normalized spacial score (nSPS) is 9.42. The van der Waals surface area contributed by atoms with Gasteiger partial charge >= 0.3 is 5.97 Å². The zero-order valence-corrected chi connectivity index (χ0v) is 6.03. The van der Waals surface area contributed by atoms with E-state index >= 15 is 0 Å². The maximum Gasteiger partial charge on any atom is 0.358 e. The van der Waals surface area contributed by atoms with Gasteiger partial charge in [-0.3, -0.25) is 0 Å². The number of rotatable bonds is 3. The predicted octanol–water partition coefficient (Wildman–Crippen LogP) is 1.09. The number of alkyl halides is 1. The summed E-state index contributed by atoms with van der Waals surface area (Å²) in [6.07, 6.45) is 1.30. The molecule has 1 rings (SSSR count). The van der Waals surface area contributed by atoms with Crippen LogP contribution in [-0.2, 0) is 0 Å². The van der Waals surface area contributed by atoms with Crippen LogP contribution in [0.15, 0.2) is 18.3 Å². The highest BCUT2D eigenvalue weighted by atomic mass is 19.1. The molecule has 0 spiro atoms. The molecule has 0 bridgehead atoms. The molecular weight excluding hydrogens is 165 g/mol. The number of hydrogen-bond donors (Lipinski definition) is 1. The lowest BCUT2D eigenvalue weighted by molar-refractivity contribution is 0.0682. The minimum absolute atomic E-state index is 0.0625. The maximum atomic E-state index is 11.7. The van der Waals surface area contributed by atoms with Gasteiger partial charge in [0.15, 0.2) is 11.4 Å². The monoisotopic (exact) mass is 171 g/mol. The number of ether oxygens (including phenoxy) is 1. The Labute approximate surface area is 67.6 Å². The number of carbonyl (C=O) groups is 1. The summed E-state index contributed by atoms with van der Waals surface area (Å²) >= 11 is 0. The van der Waals surface area contributed by atoms with Crippen LogP contribution >= 0.6 is 0 Å². The quantitative estimate of drug-likeness (QED) is 0.739. The molecule has 0 aliphatic carbocycles. The summed E-state index contributed by atoms with van der Waals surface area (Å²) in [5.41, 5.74) is -0.282. The van der Waals surface area contributed by atoms with Crippen LogP contribution in [0.2, 0.25) is 0 Å². The van der Waals surface area contributed by atoms with E-state index in [1.165, 1.54) is 18.3 Å². The topological polar surface area (TPSA) is 59.4 Å². The molecule has 1 aromatic heterocycles. The Kier molecular flexibility index (Phi) is 2.57. The minimum Gasteiger partial charge on any atom is -0.476 e. The average Bonchev–Trinajstić information content (AvgIpc) is 2.05. The van der Waals surface area contributed by atoms with Crippen molar-refractivity contribution in [1.29, 1.82) is 0 Å². The van der Waals surface area contributed by atoms with Crippen LogP contribution in [-0.4, -0.2) is 22.9 Å². The number of carboxylic acid groups (broad SMARTS) is 1. The van der Waals surface area contributed by atoms with Gasteiger partial charge < -0.3 is 9.84 Å². The summed E-state index contributed by atoms with van der Waals surface area (Å²) in [5, 5.41) is 8.53. The molecule has 12 heavy (non-hydrogen) atoms.